The molecule has 2 aromatic carbocycles. The number of fused-ring (bicyclic) bond motifs is 3. The summed E-state index contributed by atoms with van der Waals surface area (Å²) in [4.78, 5) is 9.81. The quantitative estimate of drug-likeness (QED) is 0.420. The molecule has 0 bridgehead atoms. The van der Waals surface area contributed by atoms with E-state index in [2.05, 4.69) is 60.7 Å². The zero-order chi connectivity index (χ0) is 18.8. The average molecular weight is 359 g/mol. The predicted molar refractivity (Wildman–Crippen MR) is 111 cm³/mol. The number of hydrogen-bond acceptors (Lipinski definition) is 6. The smallest absolute Gasteiger partial charge is 0.265 e. The highest BCUT2D eigenvalue weighted by atomic mass is 15.4. The Labute approximate surface area is 157 Å². The third kappa shape index (κ3) is 3.44. The van der Waals surface area contributed by atoms with Crippen molar-refractivity contribution in [2.24, 2.45) is 5.10 Å². The van der Waals surface area contributed by atoms with Crippen LogP contribution in [0.25, 0.3) is 22.1 Å². The van der Waals surface area contributed by atoms with E-state index in [4.69, 9.17) is 0 Å². The van der Waals surface area contributed by atoms with Gasteiger partial charge in [-0.1, -0.05) is 25.1 Å². The van der Waals surface area contributed by atoms with Crippen LogP contribution in [0.4, 0.5) is 11.6 Å². The summed E-state index contributed by atoms with van der Waals surface area (Å²) in [5, 5.41) is 13.7. The van der Waals surface area contributed by atoms with Gasteiger partial charge in [0, 0.05) is 30.7 Å². The first-order chi connectivity index (χ1) is 13.1. The van der Waals surface area contributed by atoms with Crippen LogP contribution in [0.3, 0.4) is 0 Å². The molecular formula is C20H21N7. The molecule has 0 saturated carbocycles. The number of anilines is 2. The van der Waals surface area contributed by atoms with Gasteiger partial charge >= 0.3 is 0 Å². The van der Waals surface area contributed by atoms with Gasteiger partial charge in [0.25, 0.3) is 5.95 Å². The van der Waals surface area contributed by atoms with Crippen LogP contribution in [0, 0.1) is 0 Å². The molecule has 4 rings (SSSR count). The Bertz CT molecular complexity index is 1110. The van der Waals surface area contributed by atoms with E-state index in [1.54, 1.807) is 6.21 Å². The van der Waals surface area contributed by atoms with Gasteiger partial charge in [-0.3, -0.25) is 0 Å². The topological polar surface area (TPSA) is 82.1 Å². The van der Waals surface area contributed by atoms with Crippen LogP contribution in [0.5, 0.6) is 0 Å². The van der Waals surface area contributed by atoms with E-state index in [-0.39, 0.29) is 0 Å². The lowest BCUT2D eigenvalue weighted by molar-refractivity contribution is 1.01. The molecule has 0 atom stereocenters. The molecule has 0 radical (unpaired) electrons. The molecule has 27 heavy (non-hydrogen) atoms. The van der Waals surface area contributed by atoms with E-state index < -0.39 is 0 Å². The normalized spacial score (nSPS) is 11.5. The second kappa shape index (κ2) is 7.03. The number of aryl methyl sites for hydroxylation is 1. The van der Waals surface area contributed by atoms with Gasteiger partial charge < -0.3 is 9.88 Å². The summed E-state index contributed by atoms with van der Waals surface area (Å²) in [6.45, 7) is 2.13. The molecule has 0 fully saturated rings. The molecule has 7 heteroatoms. The second-order valence-corrected chi connectivity index (χ2v) is 6.55. The molecule has 7 nitrogen and oxygen atoms in total. The molecule has 4 aromatic rings. The SMILES string of the molecule is CCc1ccc2[nH]c3nc(N/N=C/c4ccc(N(C)C)cc4)nnc3c2c1. The fourth-order valence-corrected chi connectivity index (χ4v) is 2.91. The molecule has 136 valence electrons. The number of aromatic amines is 1. The van der Waals surface area contributed by atoms with Crippen molar-refractivity contribution >= 4 is 39.9 Å². The molecule has 2 heterocycles. The van der Waals surface area contributed by atoms with Gasteiger partial charge in [-0.15, -0.1) is 10.2 Å². The number of aromatic nitrogens is 4. The summed E-state index contributed by atoms with van der Waals surface area (Å²) < 4.78 is 0. The van der Waals surface area contributed by atoms with E-state index in [0.717, 1.165) is 34.1 Å². The second-order valence-electron chi connectivity index (χ2n) is 6.55. The number of hydrazone groups is 1. The molecule has 0 unspecified atom stereocenters. The fraction of sp³-hybridized carbons (Fsp3) is 0.200. The number of rotatable bonds is 5. The van der Waals surface area contributed by atoms with E-state index in [0.29, 0.717) is 11.6 Å². The summed E-state index contributed by atoms with van der Waals surface area (Å²) in [5.74, 6) is 0.353. The van der Waals surface area contributed by atoms with E-state index in [1.807, 2.05) is 38.4 Å². The van der Waals surface area contributed by atoms with Crippen molar-refractivity contribution in [1.82, 2.24) is 20.2 Å². The van der Waals surface area contributed by atoms with Crippen molar-refractivity contribution in [2.75, 3.05) is 24.4 Å². The molecule has 0 amide bonds. The number of nitrogens with zero attached hydrogens (tertiary/aromatic N) is 5. The summed E-state index contributed by atoms with van der Waals surface area (Å²) in [5.41, 5.74) is 8.71. The molecule has 0 aliphatic rings. The van der Waals surface area contributed by atoms with Crippen molar-refractivity contribution in [3.05, 3.63) is 53.6 Å². The van der Waals surface area contributed by atoms with Crippen molar-refractivity contribution in [1.29, 1.82) is 0 Å². The lowest BCUT2D eigenvalue weighted by Crippen LogP contribution is -2.08. The Morgan fingerprint density at radius 3 is 2.67 bits per heavy atom. The van der Waals surface area contributed by atoms with Crippen LogP contribution in [0.2, 0.25) is 0 Å². The Hall–Kier alpha value is -3.48. The highest BCUT2D eigenvalue weighted by molar-refractivity contribution is 6.03. The van der Waals surface area contributed by atoms with Gasteiger partial charge in [0.1, 0.15) is 5.52 Å². The van der Waals surface area contributed by atoms with Crippen molar-refractivity contribution in [2.45, 2.75) is 13.3 Å². The van der Waals surface area contributed by atoms with Gasteiger partial charge in [-0.2, -0.15) is 10.1 Å². The Balaban J connectivity index is 1.54. The lowest BCUT2D eigenvalue weighted by Gasteiger charge is -2.11. The zero-order valence-electron chi connectivity index (χ0n) is 15.6. The zero-order valence-corrected chi connectivity index (χ0v) is 15.6. The van der Waals surface area contributed by atoms with Crippen molar-refractivity contribution in [3.63, 3.8) is 0 Å². The lowest BCUT2D eigenvalue weighted by atomic mass is 10.1. The Kier molecular flexibility index (Phi) is 4.42. The van der Waals surface area contributed by atoms with Gasteiger partial charge in [0.05, 0.1) is 6.21 Å². The van der Waals surface area contributed by atoms with Crippen LogP contribution in [-0.4, -0.2) is 40.5 Å². The number of benzene rings is 2. The first-order valence-electron chi connectivity index (χ1n) is 8.85. The largest absolute Gasteiger partial charge is 0.378 e. The molecule has 0 aliphatic heterocycles. The summed E-state index contributed by atoms with van der Waals surface area (Å²) in [6, 6.07) is 14.4. The third-order valence-electron chi connectivity index (χ3n) is 4.47. The predicted octanol–water partition coefficient (Wildman–Crippen LogP) is 3.58. The monoisotopic (exact) mass is 359 g/mol. The van der Waals surface area contributed by atoms with Crippen molar-refractivity contribution < 1.29 is 0 Å². The van der Waals surface area contributed by atoms with Gasteiger partial charge in [0.15, 0.2) is 5.65 Å². The molecular weight excluding hydrogens is 338 g/mol. The summed E-state index contributed by atoms with van der Waals surface area (Å²) in [6.07, 6.45) is 2.71. The van der Waals surface area contributed by atoms with Crippen LogP contribution in [0.1, 0.15) is 18.1 Å². The van der Waals surface area contributed by atoms with Crippen LogP contribution < -0.4 is 10.3 Å². The van der Waals surface area contributed by atoms with Crippen LogP contribution in [0.15, 0.2) is 47.6 Å². The Morgan fingerprint density at radius 1 is 1.11 bits per heavy atom. The fourth-order valence-electron chi connectivity index (χ4n) is 2.91. The highest BCUT2D eigenvalue weighted by Gasteiger charge is 2.09. The summed E-state index contributed by atoms with van der Waals surface area (Å²) in [7, 11) is 4.02. The third-order valence-corrected chi connectivity index (χ3v) is 4.47. The number of hydrogen-bond donors (Lipinski definition) is 2. The molecule has 0 saturated heterocycles. The average Bonchev–Trinajstić information content (AvgIpc) is 3.05. The Morgan fingerprint density at radius 2 is 1.93 bits per heavy atom. The van der Waals surface area contributed by atoms with Crippen LogP contribution in [-0.2, 0) is 6.42 Å². The maximum absolute atomic E-state index is 4.48. The number of H-pyrrole nitrogens is 1. The van der Waals surface area contributed by atoms with Gasteiger partial charge in [-0.05, 0) is 41.8 Å². The van der Waals surface area contributed by atoms with E-state index in [1.165, 1.54) is 5.56 Å². The minimum Gasteiger partial charge on any atom is -0.378 e. The summed E-state index contributed by atoms with van der Waals surface area (Å²) >= 11 is 0. The number of nitrogens with one attached hydrogen (secondary N) is 2. The van der Waals surface area contributed by atoms with Crippen molar-refractivity contribution in [3.8, 4) is 0 Å². The minimum atomic E-state index is 0.353. The molecule has 0 aliphatic carbocycles. The standard InChI is InChI=1S/C20H21N7/c1-4-13-7-10-17-16(11-13)18-19(22-17)23-20(26-24-18)25-21-12-14-5-8-15(9-6-14)27(2)3/h5-12H,4H2,1-3H3,(H2,22,23,25,26)/b21-12+. The maximum atomic E-state index is 4.48. The molecule has 0 spiro atoms. The van der Waals surface area contributed by atoms with E-state index in [9.17, 15) is 0 Å². The highest BCUT2D eigenvalue weighted by Crippen LogP contribution is 2.23. The maximum Gasteiger partial charge on any atom is 0.265 e. The van der Waals surface area contributed by atoms with E-state index >= 15 is 0 Å². The minimum absolute atomic E-state index is 0.353. The molecule has 2 aromatic heterocycles. The van der Waals surface area contributed by atoms with Gasteiger partial charge in [-0.25, -0.2) is 5.43 Å². The first-order valence-corrected chi connectivity index (χ1v) is 8.85. The van der Waals surface area contributed by atoms with Crippen LogP contribution >= 0.6 is 0 Å². The first kappa shape index (κ1) is 17.0. The molecule has 2 N–H and O–H groups in total. The van der Waals surface area contributed by atoms with Gasteiger partial charge in [0.2, 0.25) is 0 Å².